The summed E-state index contributed by atoms with van der Waals surface area (Å²) in [5, 5.41) is 1.07. The monoisotopic (exact) mass is 328 g/mol. The molecule has 1 aromatic heterocycles. The maximum Gasteiger partial charge on any atom is 0.217 e. The maximum atomic E-state index is 7.71. The third-order valence-electron chi connectivity index (χ3n) is 3.18. The van der Waals surface area contributed by atoms with Gasteiger partial charge in [-0.25, -0.2) is 4.98 Å². The summed E-state index contributed by atoms with van der Waals surface area (Å²) in [5.74, 6) is 0.639. The van der Waals surface area contributed by atoms with Crippen LogP contribution in [0, 0.1) is 0 Å². The minimum atomic E-state index is 0.517. The number of fused-ring (bicyclic) bond motifs is 1. The molecule has 100 valence electrons. The largest absolute Gasteiger partial charge is 0.481 e. The van der Waals surface area contributed by atoms with Gasteiger partial charge in [-0.1, -0.05) is 46.2 Å². The Morgan fingerprint density at radius 3 is 2.90 bits per heavy atom. The first-order valence-electron chi connectivity index (χ1n) is 6.84. The zero-order chi connectivity index (χ0) is 14.8. The summed E-state index contributed by atoms with van der Waals surface area (Å²) in [6.07, 6.45) is 0.700. The smallest absolute Gasteiger partial charge is 0.217 e. The van der Waals surface area contributed by atoms with Crippen LogP contribution in [0.5, 0.6) is 5.88 Å². The standard InChI is InChI=1S/C17H14BrNO/c1-20-17-14(9-12-5-3-2-4-6-12)10-13-11-15(18)7-8-16(13)19-17/h2-8,10-11H,9H2,1H3/i3D. The first-order valence-corrected chi connectivity index (χ1v) is 7.14. The van der Waals surface area contributed by atoms with E-state index < -0.39 is 0 Å². The van der Waals surface area contributed by atoms with Crippen molar-refractivity contribution < 1.29 is 6.11 Å². The van der Waals surface area contributed by atoms with Crippen molar-refractivity contribution in [2.45, 2.75) is 6.42 Å². The molecule has 2 aromatic carbocycles. The Labute approximate surface area is 128 Å². The van der Waals surface area contributed by atoms with Crippen molar-refractivity contribution in [1.29, 1.82) is 0 Å². The van der Waals surface area contributed by atoms with Gasteiger partial charge in [0, 0.05) is 21.8 Å². The predicted octanol–water partition coefficient (Wildman–Crippen LogP) is 4.60. The second kappa shape index (κ2) is 5.63. The van der Waals surface area contributed by atoms with Crippen LogP contribution in [0.3, 0.4) is 0 Å². The highest BCUT2D eigenvalue weighted by molar-refractivity contribution is 9.10. The summed E-state index contributed by atoms with van der Waals surface area (Å²) in [6, 6.07) is 16.2. The zero-order valence-electron chi connectivity index (χ0n) is 12.1. The number of benzene rings is 2. The van der Waals surface area contributed by atoms with Crippen molar-refractivity contribution in [2.24, 2.45) is 0 Å². The number of pyridine rings is 1. The molecule has 2 nitrogen and oxygen atoms in total. The van der Waals surface area contributed by atoms with Crippen LogP contribution in [-0.4, -0.2) is 12.1 Å². The van der Waals surface area contributed by atoms with Crippen molar-refractivity contribution in [3.63, 3.8) is 0 Å². The summed E-state index contributed by atoms with van der Waals surface area (Å²) in [5.41, 5.74) is 3.01. The lowest BCUT2D eigenvalue weighted by atomic mass is 10.0. The molecule has 0 aliphatic heterocycles. The molecule has 0 saturated heterocycles. The molecule has 0 unspecified atom stereocenters. The molecule has 0 fully saturated rings. The molecule has 0 spiro atoms. The molecule has 0 N–H and O–H groups in total. The van der Waals surface area contributed by atoms with Gasteiger partial charge in [0.1, 0.15) is 0 Å². The Hall–Kier alpha value is -1.87. The Balaban J connectivity index is 2.07. The highest BCUT2D eigenvalue weighted by Gasteiger charge is 2.08. The summed E-state index contributed by atoms with van der Waals surface area (Å²) >= 11 is 3.49. The van der Waals surface area contributed by atoms with Gasteiger partial charge in [0.2, 0.25) is 5.88 Å². The fraction of sp³-hybridized carbons (Fsp3) is 0.118. The lowest BCUT2D eigenvalue weighted by Crippen LogP contribution is -1.97. The van der Waals surface area contributed by atoms with Gasteiger partial charge in [-0.15, -0.1) is 0 Å². The van der Waals surface area contributed by atoms with Gasteiger partial charge in [-0.3, -0.25) is 0 Å². The van der Waals surface area contributed by atoms with E-state index in [0.717, 1.165) is 26.5 Å². The van der Waals surface area contributed by atoms with Gasteiger partial charge in [0.15, 0.2) is 0 Å². The number of nitrogens with zero attached hydrogens (tertiary/aromatic N) is 1. The Kier molecular flexibility index (Phi) is 3.36. The lowest BCUT2D eigenvalue weighted by molar-refractivity contribution is 0.395. The predicted molar refractivity (Wildman–Crippen MR) is 85.2 cm³/mol. The normalized spacial score (nSPS) is 11.4. The van der Waals surface area contributed by atoms with E-state index in [4.69, 9.17) is 6.11 Å². The van der Waals surface area contributed by atoms with Gasteiger partial charge in [-0.2, -0.15) is 0 Å². The van der Waals surface area contributed by atoms with Crippen LogP contribution >= 0.6 is 15.9 Å². The van der Waals surface area contributed by atoms with Crippen molar-refractivity contribution in [2.75, 3.05) is 7.11 Å². The average Bonchev–Trinajstić information content (AvgIpc) is 2.46. The lowest BCUT2D eigenvalue weighted by Gasteiger charge is -2.10. The molecule has 3 rings (SSSR count). The van der Waals surface area contributed by atoms with E-state index in [9.17, 15) is 0 Å². The number of methoxy groups -OCH3 is 1. The molecular weight excluding hydrogens is 314 g/mol. The van der Waals surface area contributed by atoms with Gasteiger partial charge in [0.25, 0.3) is 0 Å². The molecule has 0 saturated carbocycles. The first kappa shape index (κ1) is 11.9. The van der Waals surface area contributed by atoms with Crippen LogP contribution < -0.4 is 4.74 Å². The first-order chi connectivity index (χ1) is 10.2. The summed E-state index contributed by atoms with van der Waals surface area (Å²) < 4.78 is 14.2. The molecule has 0 bridgehead atoms. The van der Waals surface area contributed by atoms with Gasteiger partial charge >= 0.3 is 0 Å². The van der Waals surface area contributed by atoms with Crippen LogP contribution in [0.1, 0.15) is 12.5 Å². The third-order valence-corrected chi connectivity index (χ3v) is 3.67. The molecule has 3 heteroatoms. The van der Waals surface area contributed by atoms with E-state index in [2.05, 4.69) is 27.0 Å². The highest BCUT2D eigenvalue weighted by atomic mass is 79.9. The van der Waals surface area contributed by atoms with Crippen LogP contribution in [-0.2, 0) is 6.42 Å². The molecule has 1 heterocycles. The summed E-state index contributed by atoms with van der Waals surface area (Å²) in [6.45, 7) is 0. The maximum absolute atomic E-state index is 7.71. The quantitative estimate of drug-likeness (QED) is 0.701. The Morgan fingerprint density at radius 2 is 2.10 bits per heavy atom. The van der Waals surface area contributed by atoms with Crippen LogP contribution in [0.4, 0.5) is 0 Å². The number of hydrogen-bond donors (Lipinski definition) is 0. The Bertz CT molecular complexity index is 804. The minimum absolute atomic E-state index is 0.517. The van der Waals surface area contributed by atoms with E-state index in [0.29, 0.717) is 18.3 Å². The van der Waals surface area contributed by atoms with Crippen LogP contribution in [0.15, 0.2) is 59.0 Å². The second-order valence-corrected chi connectivity index (χ2v) is 5.50. The fourth-order valence-corrected chi connectivity index (χ4v) is 2.62. The fourth-order valence-electron chi connectivity index (χ4n) is 2.24. The molecule has 0 aliphatic carbocycles. The van der Waals surface area contributed by atoms with Crippen molar-refractivity contribution >= 4 is 26.8 Å². The molecule has 0 amide bonds. The van der Waals surface area contributed by atoms with Crippen LogP contribution in [0.25, 0.3) is 10.9 Å². The molecule has 0 radical (unpaired) electrons. The molecule has 20 heavy (non-hydrogen) atoms. The topological polar surface area (TPSA) is 22.1 Å². The third kappa shape index (κ3) is 2.68. The number of hydrogen-bond acceptors (Lipinski definition) is 2. The van der Waals surface area contributed by atoms with Gasteiger partial charge < -0.3 is 4.74 Å². The van der Waals surface area contributed by atoms with E-state index in [1.165, 1.54) is 0 Å². The molecule has 0 atom stereocenters. The van der Waals surface area contributed by atoms with Gasteiger partial charge in [-0.05, 0) is 29.8 Å². The van der Waals surface area contributed by atoms with Crippen molar-refractivity contribution in [3.8, 4) is 5.88 Å². The molecular formula is C17H14BrNO. The summed E-state index contributed by atoms with van der Waals surface area (Å²) in [7, 11) is 1.64. The molecule has 0 aliphatic rings. The van der Waals surface area contributed by atoms with E-state index in [1.807, 2.05) is 36.4 Å². The number of aromatic nitrogens is 1. The highest BCUT2D eigenvalue weighted by Crippen LogP contribution is 2.26. The summed E-state index contributed by atoms with van der Waals surface area (Å²) in [4.78, 5) is 4.56. The van der Waals surface area contributed by atoms with E-state index >= 15 is 0 Å². The average molecular weight is 329 g/mol. The van der Waals surface area contributed by atoms with Crippen molar-refractivity contribution in [1.82, 2.24) is 4.98 Å². The Morgan fingerprint density at radius 1 is 1.20 bits per heavy atom. The van der Waals surface area contributed by atoms with Crippen molar-refractivity contribution in [3.05, 3.63) is 70.2 Å². The number of halogens is 1. The number of ether oxygens (including phenoxy) is 1. The number of rotatable bonds is 3. The van der Waals surface area contributed by atoms with E-state index in [-0.39, 0.29) is 0 Å². The molecule has 3 aromatic rings. The van der Waals surface area contributed by atoms with E-state index in [1.54, 1.807) is 13.2 Å². The second-order valence-electron chi connectivity index (χ2n) is 4.58. The minimum Gasteiger partial charge on any atom is -0.481 e. The zero-order valence-corrected chi connectivity index (χ0v) is 12.6. The SMILES string of the molecule is [2H]c1cccc(Cc2cc3cc(Br)ccc3nc2OC)c1. The van der Waals surface area contributed by atoms with Crippen LogP contribution in [0.2, 0.25) is 0 Å². The van der Waals surface area contributed by atoms with Gasteiger partial charge in [0.05, 0.1) is 14.0 Å².